The first-order valence-electron chi connectivity index (χ1n) is 8.69. The van der Waals surface area contributed by atoms with E-state index >= 15 is 0 Å². The van der Waals surface area contributed by atoms with Crippen LogP contribution >= 0.6 is 0 Å². The molecule has 0 amide bonds. The molecule has 24 heavy (non-hydrogen) atoms. The van der Waals surface area contributed by atoms with Gasteiger partial charge in [0.05, 0.1) is 5.92 Å². The highest BCUT2D eigenvalue weighted by molar-refractivity contribution is 5.49. The van der Waals surface area contributed by atoms with Gasteiger partial charge in [-0.1, -0.05) is 36.4 Å². The van der Waals surface area contributed by atoms with Crippen molar-refractivity contribution in [2.24, 2.45) is 5.92 Å². The summed E-state index contributed by atoms with van der Waals surface area (Å²) in [5.41, 5.74) is 3.47. The van der Waals surface area contributed by atoms with Gasteiger partial charge in [-0.3, -0.25) is 10.1 Å². The Labute approximate surface area is 143 Å². The topological polar surface area (TPSA) is 46.4 Å². The summed E-state index contributed by atoms with van der Waals surface area (Å²) >= 11 is 0. The highest BCUT2D eigenvalue weighted by Gasteiger charge is 2.40. The summed E-state index contributed by atoms with van der Waals surface area (Å²) in [4.78, 5) is 13.7. The number of rotatable bonds is 5. The molecule has 3 unspecified atom stereocenters. The Morgan fingerprint density at radius 2 is 1.92 bits per heavy atom. The van der Waals surface area contributed by atoms with Crippen LogP contribution in [0.1, 0.15) is 31.7 Å². The second-order valence-electron chi connectivity index (χ2n) is 6.36. The predicted octanol–water partition coefficient (Wildman–Crippen LogP) is 4.33. The molecule has 1 aromatic rings. The minimum Gasteiger partial charge on any atom is -0.372 e. The number of hydrogen-bond donors (Lipinski definition) is 0. The second-order valence-corrected chi connectivity index (χ2v) is 6.36. The smallest absolute Gasteiger partial charge is 0.238 e. The van der Waals surface area contributed by atoms with E-state index in [1.807, 2.05) is 18.2 Å². The Morgan fingerprint density at radius 3 is 2.54 bits per heavy atom. The molecular formula is C20H24N2O2. The van der Waals surface area contributed by atoms with Crippen LogP contribution in [0.2, 0.25) is 0 Å². The number of hydrogen-bond acceptors (Lipinski definition) is 3. The van der Waals surface area contributed by atoms with Crippen LogP contribution in [0.5, 0.6) is 0 Å². The van der Waals surface area contributed by atoms with Crippen LogP contribution < -0.4 is 4.90 Å². The minimum atomic E-state index is -0.637. The zero-order chi connectivity index (χ0) is 17.1. The summed E-state index contributed by atoms with van der Waals surface area (Å²) < 4.78 is 0. The Balaban J connectivity index is 1.90. The van der Waals surface area contributed by atoms with Gasteiger partial charge >= 0.3 is 0 Å². The maximum atomic E-state index is 11.5. The minimum absolute atomic E-state index is 0.0747. The van der Waals surface area contributed by atoms with Crippen molar-refractivity contribution >= 4 is 5.69 Å². The summed E-state index contributed by atoms with van der Waals surface area (Å²) in [7, 11) is 0. The van der Waals surface area contributed by atoms with Gasteiger partial charge in [0.15, 0.2) is 0 Å². The van der Waals surface area contributed by atoms with E-state index in [4.69, 9.17) is 0 Å². The van der Waals surface area contributed by atoms with Gasteiger partial charge < -0.3 is 4.90 Å². The van der Waals surface area contributed by atoms with Gasteiger partial charge in [-0.2, -0.15) is 0 Å². The molecule has 0 bridgehead atoms. The quantitative estimate of drug-likeness (QED) is 0.598. The van der Waals surface area contributed by atoms with Crippen molar-refractivity contribution in [2.75, 3.05) is 18.0 Å². The van der Waals surface area contributed by atoms with Gasteiger partial charge in [0, 0.05) is 29.6 Å². The molecule has 126 valence electrons. The second kappa shape index (κ2) is 7.04. The molecule has 4 nitrogen and oxygen atoms in total. The van der Waals surface area contributed by atoms with E-state index in [-0.39, 0.29) is 16.8 Å². The first-order valence-corrected chi connectivity index (χ1v) is 8.69. The monoisotopic (exact) mass is 324 g/mol. The summed E-state index contributed by atoms with van der Waals surface area (Å²) in [5, 5.41) is 11.5. The Bertz CT molecular complexity index is 684. The molecule has 0 N–H and O–H groups in total. The average Bonchev–Trinajstić information content (AvgIpc) is 2.62. The first kappa shape index (κ1) is 16.5. The summed E-state index contributed by atoms with van der Waals surface area (Å²) in [6, 6.07) is 7.94. The third kappa shape index (κ3) is 3.01. The van der Waals surface area contributed by atoms with Crippen LogP contribution in [0.15, 0.2) is 60.2 Å². The van der Waals surface area contributed by atoms with E-state index in [0.717, 1.165) is 25.1 Å². The van der Waals surface area contributed by atoms with Gasteiger partial charge in [-0.05, 0) is 49.6 Å². The first-order chi connectivity index (χ1) is 11.7. The van der Waals surface area contributed by atoms with Crippen molar-refractivity contribution in [3.8, 4) is 0 Å². The van der Waals surface area contributed by atoms with Gasteiger partial charge in [0.25, 0.3) is 0 Å². The third-order valence-corrected chi connectivity index (χ3v) is 5.18. The largest absolute Gasteiger partial charge is 0.372 e. The van der Waals surface area contributed by atoms with Crippen LogP contribution in [0, 0.1) is 16.0 Å². The van der Waals surface area contributed by atoms with Crippen LogP contribution in [-0.4, -0.2) is 24.1 Å². The predicted molar refractivity (Wildman–Crippen MR) is 98.0 cm³/mol. The molecule has 0 spiro atoms. The fourth-order valence-electron chi connectivity index (χ4n) is 3.91. The summed E-state index contributed by atoms with van der Waals surface area (Å²) in [5.74, 6) is 0.0849. The summed E-state index contributed by atoms with van der Waals surface area (Å²) in [6.07, 6.45) is 10.6. The molecule has 0 saturated carbocycles. The molecular weight excluding hydrogens is 300 g/mol. The summed E-state index contributed by atoms with van der Waals surface area (Å²) in [6.45, 7) is 6.25. The van der Waals surface area contributed by atoms with Crippen molar-refractivity contribution in [1.82, 2.24) is 0 Å². The van der Waals surface area contributed by atoms with Crippen molar-refractivity contribution in [2.45, 2.75) is 32.2 Å². The maximum Gasteiger partial charge on any atom is 0.238 e. The normalized spacial score (nSPS) is 25.1. The average molecular weight is 324 g/mol. The number of anilines is 1. The van der Waals surface area contributed by atoms with Crippen molar-refractivity contribution in [3.63, 3.8) is 0 Å². The zero-order valence-electron chi connectivity index (χ0n) is 14.3. The lowest BCUT2D eigenvalue weighted by molar-refractivity contribution is -0.517. The number of benzene rings is 1. The number of nitrogens with zero attached hydrogens (tertiary/aromatic N) is 2. The highest BCUT2D eigenvalue weighted by atomic mass is 16.6. The van der Waals surface area contributed by atoms with Gasteiger partial charge in [-0.25, -0.2) is 0 Å². The fraction of sp³-hybridized carbons (Fsp3) is 0.400. The maximum absolute atomic E-state index is 11.5. The Kier molecular flexibility index (Phi) is 4.84. The molecule has 0 saturated heterocycles. The third-order valence-electron chi connectivity index (χ3n) is 5.18. The zero-order valence-corrected chi connectivity index (χ0v) is 14.3. The van der Waals surface area contributed by atoms with Crippen LogP contribution in [0.3, 0.4) is 0 Å². The van der Waals surface area contributed by atoms with Gasteiger partial charge in [0.2, 0.25) is 6.04 Å². The number of allylic oxidation sites excluding steroid dienone is 4. The molecule has 4 heteroatoms. The van der Waals surface area contributed by atoms with E-state index in [2.05, 4.69) is 49.1 Å². The van der Waals surface area contributed by atoms with E-state index in [9.17, 15) is 10.1 Å². The molecule has 0 fully saturated rings. The molecule has 1 aromatic carbocycles. The molecule has 3 atom stereocenters. The number of nitro groups is 1. The molecule has 0 heterocycles. The lowest BCUT2D eigenvalue weighted by Gasteiger charge is -2.33. The van der Waals surface area contributed by atoms with Crippen LogP contribution in [0.4, 0.5) is 5.69 Å². The van der Waals surface area contributed by atoms with E-state index < -0.39 is 6.04 Å². The Morgan fingerprint density at radius 1 is 1.21 bits per heavy atom. The lowest BCUT2D eigenvalue weighted by Crippen LogP contribution is -2.35. The molecule has 0 aliphatic heterocycles. The SMILES string of the molecule is CCN(CC)c1ccc(C2CC=CC3=CC=CC([N+](=O)[O-])C32)cc1. The standard InChI is InChI=1S/C20H24N2O2/c1-3-21(4-2)17-13-11-15(12-14-17)18-9-5-7-16-8-6-10-19(20(16)18)22(23)24/h5-8,10-14,18-20H,3-4,9H2,1-2H3. The van der Waals surface area contributed by atoms with Crippen LogP contribution in [-0.2, 0) is 0 Å². The van der Waals surface area contributed by atoms with Crippen molar-refractivity contribution in [3.05, 3.63) is 75.9 Å². The fourth-order valence-corrected chi connectivity index (χ4v) is 3.91. The molecule has 0 radical (unpaired) electrons. The van der Waals surface area contributed by atoms with Gasteiger partial charge in [-0.15, -0.1) is 0 Å². The van der Waals surface area contributed by atoms with Crippen LogP contribution in [0.25, 0.3) is 0 Å². The molecule has 2 aliphatic rings. The molecule has 0 aromatic heterocycles. The van der Waals surface area contributed by atoms with Gasteiger partial charge in [0.1, 0.15) is 0 Å². The van der Waals surface area contributed by atoms with E-state index in [1.165, 1.54) is 11.3 Å². The number of fused-ring (bicyclic) bond motifs is 1. The lowest BCUT2D eigenvalue weighted by atomic mass is 9.70. The highest BCUT2D eigenvalue weighted by Crippen LogP contribution is 2.42. The molecule has 2 aliphatic carbocycles. The molecule has 3 rings (SSSR count). The van der Waals surface area contributed by atoms with E-state index in [1.54, 1.807) is 6.08 Å². The van der Waals surface area contributed by atoms with Crippen molar-refractivity contribution < 1.29 is 4.92 Å². The Hall–Kier alpha value is -2.36. The van der Waals surface area contributed by atoms with E-state index in [0.29, 0.717) is 0 Å². The van der Waals surface area contributed by atoms with Crippen molar-refractivity contribution in [1.29, 1.82) is 0 Å².